The maximum atomic E-state index is 12.5. The molecule has 1 aliphatic rings. The van der Waals surface area contributed by atoms with Gasteiger partial charge < -0.3 is 23.8 Å². The third kappa shape index (κ3) is 4.53. The zero-order valence-corrected chi connectivity index (χ0v) is 17.0. The van der Waals surface area contributed by atoms with E-state index in [1.54, 1.807) is 42.5 Å². The molecule has 0 aliphatic carbocycles. The van der Waals surface area contributed by atoms with Crippen LogP contribution in [0.5, 0.6) is 17.2 Å². The lowest BCUT2D eigenvalue weighted by Crippen LogP contribution is -2.27. The van der Waals surface area contributed by atoms with E-state index in [1.807, 2.05) is 0 Å². The van der Waals surface area contributed by atoms with Gasteiger partial charge in [0.25, 0.3) is 0 Å². The van der Waals surface area contributed by atoms with Crippen molar-refractivity contribution < 1.29 is 33.3 Å². The van der Waals surface area contributed by atoms with Crippen LogP contribution in [0.15, 0.2) is 42.5 Å². The van der Waals surface area contributed by atoms with Gasteiger partial charge in [-0.25, -0.2) is 0 Å². The van der Waals surface area contributed by atoms with E-state index in [9.17, 15) is 14.4 Å². The predicted molar refractivity (Wildman–Crippen MR) is 108 cm³/mol. The van der Waals surface area contributed by atoms with Crippen LogP contribution >= 0.6 is 0 Å². The lowest BCUT2D eigenvalue weighted by Gasteiger charge is -2.20. The number of ether oxygens (including phenoxy) is 4. The Morgan fingerprint density at radius 2 is 1.73 bits per heavy atom. The van der Waals surface area contributed by atoms with Crippen LogP contribution in [0.1, 0.15) is 16.8 Å². The van der Waals surface area contributed by atoms with Gasteiger partial charge in [-0.2, -0.15) is 0 Å². The molecule has 0 radical (unpaired) electrons. The highest BCUT2D eigenvalue weighted by molar-refractivity contribution is 6.01. The molecule has 8 heteroatoms. The van der Waals surface area contributed by atoms with Gasteiger partial charge in [-0.1, -0.05) is 12.1 Å². The van der Waals surface area contributed by atoms with Crippen LogP contribution in [0.2, 0.25) is 0 Å². The van der Waals surface area contributed by atoms with Crippen LogP contribution in [-0.4, -0.2) is 52.1 Å². The molecule has 1 aliphatic heterocycles. The Kier molecular flexibility index (Phi) is 6.56. The minimum Gasteiger partial charge on any atom is -0.497 e. The average Bonchev–Trinajstić information content (AvgIpc) is 3.18. The minimum atomic E-state index is -0.664. The fraction of sp³-hybridized carbons (Fsp3) is 0.318. The minimum absolute atomic E-state index is 0.00136. The number of hydrogen-bond acceptors (Lipinski definition) is 7. The van der Waals surface area contributed by atoms with Crippen molar-refractivity contribution in [3.05, 3.63) is 48.0 Å². The summed E-state index contributed by atoms with van der Waals surface area (Å²) in [5, 5.41) is 0. The summed E-state index contributed by atoms with van der Waals surface area (Å²) in [7, 11) is 4.54. The lowest BCUT2D eigenvalue weighted by molar-refractivity contribution is -0.147. The number of ketones is 1. The second-order valence-corrected chi connectivity index (χ2v) is 6.71. The number of carbonyl (C=O) groups is 3. The van der Waals surface area contributed by atoms with Gasteiger partial charge in [-0.15, -0.1) is 0 Å². The van der Waals surface area contributed by atoms with Crippen molar-refractivity contribution in [3.8, 4) is 17.2 Å². The number of nitrogens with zero attached hydrogens (tertiary/aromatic N) is 1. The standard InChI is InChI=1S/C22H23NO7/c1-27-16-6-4-5-14(9-16)19(24)13-30-22(26)15-10-21(25)23(12-15)18-8-7-17(28-2)11-20(18)29-3/h4-9,11,15H,10,12-13H2,1-3H3/t15-/m0/s1. The highest BCUT2D eigenvalue weighted by Crippen LogP contribution is 2.36. The largest absolute Gasteiger partial charge is 0.497 e. The third-order valence-corrected chi connectivity index (χ3v) is 4.87. The van der Waals surface area contributed by atoms with Gasteiger partial charge in [0.1, 0.15) is 17.2 Å². The van der Waals surface area contributed by atoms with Crippen molar-refractivity contribution in [2.24, 2.45) is 5.92 Å². The van der Waals surface area contributed by atoms with Crippen LogP contribution in [0.4, 0.5) is 5.69 Å². The van der Waals surface area contributed by atoms with Crippen molar-refractivity contribution >= 4 is 23.3 Å². The van der Waals surface area contributed by atoms with E-state index in [1.165, 1.54) is 26.2 Å². The molecule has 1 fully saturated rings. The molecule has 0 bridgehead atoms. The molecule has 1 heterocycles. The van der Waals surface area contributed by atoms with E-state index in [2.05, 4.69) is 0 Å². The SMILES string of the molecule is COc1cccc(C(=O)COC(=O)[C@H]2CC(=O)N(c3ccc(OC)cc3OC)C2)c1. The Hall–Kier alpha value is -3.55. The predicted octanol–water partition coefficient (Wildman–Crippen LogP) is 2.49. The monoisotopic (exact) mass is 413 g/mol. The highest BCUT2D eigenvalue weighted by Gasteiger charge is 2.37. The number of rotatable bonds is 8. The summed E-state index contributed by atoms with van der Waals surface area (Å²) in [4.78, 5) is 38.7. The van der Waals surface area contributed by atoms with Crippen molar-refractivity contribution in [3.63, 3.8) is 0 Å². The van der Waals surface area contributed by atoms with Gasteiger partial charge in [0, 0.05) is 24.6 Å². The molecule has 1 amide bonds. The Morgan fingerprint density at radius 3 is 2.43 bits per heavy atom. The molecule has 1 saturated heterocycles. The van der Waals surface area contributed by atoms with E-state index in [0.29, 0.717) is 28.5 Å². The maximum absolute atomic E-state index is 12.5. The summed E-state index contributed by atoms with van der Waals surface area (Å²) < 4.78 is 20.8. The molecule has 0 aromatic heterocycles. The van der Waals surface area contributed by atoms with Crippen molar-refractivity contribution in [1.29, 1.82) is 0 Å². The molecule has 0 unspecified atom stereocenters. The summed E-state index contributed by atoms with van der Waals surface area (Å²) in [6, 6.07) is 11.7. The fourth-order valence-electron chi connectivity index (χ4n) is 3.24. The number of anilines is 1. The topological polar surface area (TPSA) is 91.4 Å². The number of benzene rings is 2. The summed E-state index contributed by atoms with van der Waals surface area (Å²) in [5.41, 5.74) is 0.931. The van der Waals surface area contributed by atoms with E-state index < -0.39 is 18.5 Å². The number of methoxy groups -OCH3 is 3. The van der Waals surface area contributed by atoms with Crippen molar-refractivity contribution in [2.75, 3.05) is 39.4 Å². The van der Waals surface area contributed by atoms with Crippen molar-refractivity contribution in [1.82, 2.24) is 0 Å². The molecule has 2 aromatic rings. The Labute approximate surface area is 174 Å². The van der Waals surface area contributed by atoms with Gasteiger partial charge in [0.15, 0.2) is 12.4 Å². The van der Waals surface area contributed by atoms with Gasteiger partial charge in [0.2, 0.25) is 5.91 Å². The first-order valence-corrected chi connectivity index (χ1v) is 9.33. The molecule has 3 rings (SSSR count). The highest BCUT2D eigenvalue weighted by atomic mass is 16.5. The molecule has 8 nitrogen and oxygen atoms in total. The first-order valence-electron chi connectivity index (χ1n) is 9.33. The number of hydrogen-bond donors (Lipinski definition) is 0. The molecule has 2 aromatic carbocycles. The number of Topliss-reactive ketones (excluding diaryl/α,β-unsaturated/α-hetero) is 1. The third-order valence-electron chi connectivity index (χ3n) is 4.87. The Balaban J connectivity index is 1.63. The zero-order chi connectivity index (χ0) is 21.7. The summed E-state index contributed by atoms with van der Waals surface area (Å²) in [6.07, 6.45) is 0.00136. The van der Waals surface area contributed by atoms with Crippen LogP contribution in [0, 0.1) is 5.92 Å². The molecule has 1 atom stereocenters. The van der Waals surface area contributed by atoms with E-state index >= 15 is 0 Å². The zero-order valence-electron chi connectivity index (χ0n) is 17.0. The molecule has 0 spiro atoms. The Bertz CT molecular complexity index is 956. The quantitative estimate of drug-likeness (QED) is 0.485. The van der Waals surface area contributed by atoms with Crippen molar-refractivity contribution in [2.45, 2.75) is 6.42 Å². The summed E-state index contributed by atoms with van der Waals surface area (Å²) >= 11 is 0. The normalized spacial score (nSPS) is 15.6. The van der Waals surface area contributed by atoms with Crippen LogP contribution < -0.4 is 19.1 Å². The first-order chi connectivity index (χ1) is 14.5. The van der Waals surface area contributed by atoms with E-state index in [0.717, 1.165) is 0 Å². The van der Waals surface area contributed by atoms with Gasteiger partial charge >= 0.3 is 5.97 Å². The van der Waals surface area contributed by atoms with E-state index in [-0.39, 0.29) is 24.7 Å². The molecular weight excluding hydrogens is 390 g/mol. The Morgan fingerprint density at radius 1 is 1.00 bits per heavy atom. The number of esters is 1. The fourth-order valence-corrected chi connectivity index (χ4v) is 3.24. The van der Waals surface area contributed by atoms with Gasteiger partial charge in [-0.3, -0.25) is 14.4 Å². The molecular formula is C22H23NO7. The molecule has 30 heavy (non-hydrogen) atoms. The molecule has 0 saturated carbocycles. The average molecular weight is 413 g/mol. The smallest absolute Gasteiger partial charge is 0.311 e. The number of amides is 1. The summed E-state index contributed by atoms with van der Waals surface area (Å²) in [5.74, 6) is -0.228. The molecule has 0 N–H and O–H groups in total. The van der Waals surface area contributed by atoms with Crippen LogP contribution in [0.25, 0.3) is 0 Å². The second-order valence-electron chi connectivity index (χ2n) is 6.71. The maximum Gasteiger partial charge on any atom is 0.311 e. The lowest BCUT2D eigenvalue weighted by atomic mass is 10.1. The second kappa shape index (κ2) is 9.30. The van der Waals surface area contributed by atoms with Gasteiger partial charge in [-0.05, 0) is 24.3 Å². The van der Waals surface area contributed by atoms with Gasteiger partial charge in [0.05, 0.1) is 32.9 Å². The summed E-state index contributed by atoms with van der Waals surface area (Å²) in [6.45, 7) is -0.254. The first kappa shape index (κ1) is 21.2. The van der Waals surface area contributed by atoms with Crippen LogP contribution in [-0.2, 0) is 14.3 Å². The molecule has 158 valence electrons. The number of carbonyl (C=O) groups excluding carboxylic acids is 3. The van der Waals surface area contributed by atoms with E-state index in [4.69, 9.17) is 18.9 Å². The van der Waals surface area contributed by atoms with Crippen LogP contribution in [0.3, 0.4) is 0 Å².